The van der Waals surface area contributed by atoms with Gasteiger partial charge in [-0.25, -0.2) is 0 Å². The topological polar surface area (TPSA) is 141 Å². The molecule has 43 heavy (non-hydrogen) atoms. The SMILES string of the molecule is [2H]c1cc(NC)c(-c2nnc(C3CN(CC4CCN(c5ccc6c(c5)C(=O)N(C5CCC(=O)NC5=O)C6=O)CC4)C3)s2)cn1. The zero-order valence-corrected chi connectivity index (χ0v) is 24.5. The van der Waals surface area contributed by atoms with Crippen LogP contribution in [-0.4, -0.2) is 94.4 Å². The maximum absolute atomic E-state index is 13.2. The van der Waals surface area contributed by atoms with Crippen LogP contribution in [0.15, 0.2) is 36.6 Å². The summed E-state index contributed by atoms with van der Waals surface area (Å²) in [6.07, 6.45) is 4.19. The Balaban J connectivity index is 0.918. The van der Waals surface area contributed by atoms with Crippen molar-refractivity contribution in [2.45, 2.75) is 37.6 Å². The van der Waals surface area contributed by atoms with Crippen LogP contribution in [0, 0.1) is 5.92 Å². The Kier molecular flexibility index (Phi) is 6.83. The summed E-state index contributed by atoms with van der Waals surface area (Å²) >= 11 is 1.59. The molecule has 3 aromatic rings. The number of likely N-dealkylation sites (tertiary alicyclic amines) is 1. The van der Waals surface area contributed by atoms with Gasteiger partial charge in [-0.1, -0.05) is 11.3 Å². The molecule has 222 valence electrons. The number of nitrogens with one attached hydrogen (secondary N) is 2. The van der Waals surface area contributed by atoms with Gasteiger partial charge in [-0.05, 0) is 49.4 Å². The van der Waals surface area contributed by atoms with Crippen molar-refractivity contribution in [2.24, 2.45) is 5.92 Å². The predicted molar refractivity (Wildman–Crippen MR) is 160 cm³/mol. The lowest BCUT2D eigenvalue weighted by molar-refractivity contribution is -0.136. The van der Waals surface area contributed by atoms with Crippen molar-refractivity contribution in [3.05, 3.63) is 52.8 Å². The molecule has 1 aromatic carbocycles. The number of benzene rings is 1. The number of piperidine rings is 2. The first-order valence-electron chi connectivity index (χ1n) is 15.1. The molecule has 0 radical (unpaired) electrons. The van der Waals surface area contributed by atoms with E-state index >= 15 is 0 Å². The fraction of sp³-hybridized carbons (Fsp3) is 0.433. The van der Waals surface area contributed by atoms with Gasteiger partial charge in [-0.2, -0.15) is 0 Å². The van der Waals surface area contributed by atoms with E-state index in [0.717, 1.165) is 77.4 Å². The maximum atomic E-state index is 13.2. The van der Waals surface area contributed by atoms with Gasteiger partial charge in [0.1, 0.15) is 11.0 Å². The van der Waals surface area contributed by atoms with E-state index in [0.29, 0.717) is 23.0 Å². The number of hydrogen-bond acceptors (Lipinski definition) is 11. The monoisotopic (exact) mass is 601 g/mol. The third-order valence-electron chi connectivity index (χ3n) is 8.93. The van der Waals surface area contributed by atoms with Crippen LogP contribution < -0.4 is 15.5 Å². The summed E-state index contributed by atoms with van der Waals surface area (Å²) in [5.74, 6) is -1.00. The first-order valence-corrected chi connectivity index (χ1v) is 15.4. The number of carbonyl (C=O) groups is 4. The zero-order valence-electron chi connectivity index (χ0n) is 24.7. The Bertz CT molecular complexity index is 1670. The van der Waals surface area contributed by atoms with Crippen molar-refractivity contribution in [3.8, 4) is 10.6 Å². The summed E-state index contributed by atoms with van der Waals surface area (Å²) in [6.45, 7) is 4.67. The van der Waals surface area contributed by atoms with E-state index in [1.807, 2.05) is 13.1 Å². The first kappa shape index (κ1) is 26.4. The number of aromatic nitrogens is 3. The number of carbonyl (C=O) groups excluding carboxylic acids is 4. The van der Waals surface area contributed by atoms with Crippen molar-refractivity contribution >= 4 is 46.3 Å². The van der Waals surface area contributed by atoms with Crippen LogP contribution in [-0.2, 0) is 9.59 Å². The van der Waals surface area contributed by atoms with Crippen LogP contribution in [0.5, 0.6) is 0 Å². The summed E-state index contributed by atoms with van der Waals surface area (Å²) < 4.78 is 7.75. The van der Waals surface area contributed by atoms with Crippen molar-refractivity contribution < 1.29 is 20.5 Å². The van der Waals surface area contributed by atoms with Gasteiger partial charge in [-0.3, -0.25) is 34.4 Å². The Labute approximate surface area is 253 Å². The maximum Gasteiger partial charge on any atom is 0.262 e. The average molecular weight is 602 g/mol. The molecule has 2 aromatic heterocycles. The smallest absolute Gasteiger partial charge is 0.262 e. The number of imide groups is 2. The second-order valence-corrected chi connectivity index (χ2v) is 12.6. The normalized spacial score (nSPS) is 22.0. The van der Waals surface area contributed by atoms with E-state index < -0.39 is 23.8 Å². The van der Waals surface area contributed by atoms with Gasteiger partial charge < -0.3 is 15.1 Å². The van der Waals surface area contributed by atoms with Gasteiger partial charge >= 0.3 is 0 Å². The van der Waals surface area contributed by atoms with Crippen LogP contribution in [0.2, 0.25) is 0 Å². The number of amides is 4. The number of nitrogens with zero attached hydrogens (tertiary/aromatic N) is 6. The largest absolute Gasteiger partial charge is 0.387 e. The number of hydrogen-bond donors (Lipinski definition) is 2. The molecule has 7 rings (SSSR count). The molecule has 4 aliphatic rings. The van der Waals surface area contributed by atoms with E-state index in [-0.39, 0.29) is 24.9 Å². The molecular formula is C30H32N8O4S. The number of fused-ring (bicyclic) bond motifs is 1. The number of pyridine rings is 1. The molecular weight excluding hydrogens is 568 g/mol. The van der Waals surface area contributed by atoms with Crippen LogP contribution in [0.3, 0.4) is 0 Å². The molecule has 2 N–H and O–H groups in total. The summed E-state index contributed by atoms with van der Waals surface area (Å²) in [5, 5.41) is 16.1. The molecule has 1 atom stereocenters. The van der Waals surface area contributed by atoms with Gasteiger partial charge in [-0.15, -0.1) is 10.2 Å². The highest BCUT2D eigenvalue weighted by atomic mass is 32.1. The Morgan fingerprint density at radius 1 is 1.02 bits per heavy atom. The number of anilines is 2. The highest BCUT2D eigenvalue weighted by Crippen LogP contribution is 2.37. The van der Waals surface area contributed by atoms with Gasteiger partial charge in [0.25, 0.3) is 11.8 Å². The molecule has 0 bridgehead atoms. The van der Waals surface area contributed by atoms with Crippen molar-refractivity contribution in [3.63, 3.8) is 0 Å². The third kappa shape index (κ3) is 5.06. The van der Waals surface area contributed by atoms with Gasteiger partial charge in [0.05, 0.1) is 18.1 Å². The molecule has 3 fully saturated rings. The zero-order chi connectivity index (χ0) is 30.5. The highest BCUT2D eigenvalue weighted by molar-refractivity contribution is 7.14. The van der Waals surface area contributed by atoms with E-state index in [4.69, 9.17) is 1.37 Å². The van der Waals surface area contributed by atoms with Gasteiger partial charge in [0.15, 0.2) is 5.01 Å². The molecule has 4 amide bonds. The number of rotatable bonds is 7. The molecule has 1 unspecified atom stereocenters. The first-order chi connectivity index (χ1) is 21.3. The van der Waals surface area contributed by atoms with Crippen LogP contribution in [0.4, 0.5) is 11.4 Å². The minimum atomic E-state index is -0.959. The van der Waals surface area contributed by atoms with E-state index in [1.165, 1.54) is 0 Å². The minimum absolute atomic E-state index is 0.101. The fourth-order valence-corrected chi connectivity index (χ4v) is 7.46. The summed E-state index contributed by atoms with van der Waals surface area (Å²) in [6, 6.07) is 6.07. The molecule has 4 aliphatic heterocycles. The van der Waals surface area contributed by atoms with Gasteiger partial charge in [0.2, 0.25) is 11.8 Å². The van der Waals surface area contributed by atoms with Crippen molar-refractivity contribution in [1.29, 1.82) is 0 Å². The Hall–Kier alpha value is -4.23. The van der Waals surface area contributed by atoms with Gasteiger partial charge in [0, 0.05) is 75.9 Å². The summed E-state index contributed by atoms with van der Waals surface area (Å²) in [5.41, 5.74) is 3.21. The van der Waals surface area contributed by atoms with Crippen LogP contribution in [0.1, 0.15) is 58.7 Å². The molecule has 13 heteroatoms. The lowest BCUT2D eigenvalue weighted by Crippen LogP contribution is -2.54. The quantitative estimate of drug-likeness (QED) is 0.388. The Morgan fingerprint density at radius 3 is 2.58 bits per heavy atom. The van der Waals surface area contributed by atoms with E-state index in [2.05, 4.69) is 35.6 Å². The molecule has 0 saturated carbocycles. The predicted octanol–water partition coefficient (Wildman–Crippen LogP) is 2.36. The molecule has 6 heterocycles. The standard InChI is InChI=1S/C30H32N8O4S/c1-31-23-6-9-32-13-22(23)28-35-34-27(43-28)18-15-36(16-18)14-17-7-10-37(11-8-17)19-2-3-20-21(12-19)30(42)38(29(20)41)24-4-5-25(39)33-26(24)40/h2-3,6,9,12-13,17-18,24H,4-5,7-8,10-11,14-16H2,1H3,(H,31,32)(H,33,39,40)/i9D. The van der Waals surface area contributed by atoms with Crippen LogP contribution in [0.25, 0.3) is 10.6 Å². The van der Waals surface area contributed by atoms with E-state index in [9.17, 15) is 19.2 Å². The average Bonchev–Trinajstić information content (AvgIpc) is 3.57. The molecule has 3 saturated heterocycles. The molecule has 0 aliphatic carbocycles. The van der Waals surface area contributed by atoms with Crippen LogP contribution >= 0.6 is 11.3 Å². The highest BCUT2D eigenvalue weighted by Gasteiger charge is 2.45. The third-order valence-corrected chi connectivity index (χ3v) is 10.1. The lowest BCUT2D eigenvalue weighted by atomic mass is 9.92. The second kappa shape index (κ2) is 11.1. The minimum Gasteiger partial charge on any atom is -0.387 e. The summed E-state index contributed by atoms with van der Waals surface area (Å²) in [7, 11) is 1.82. The molecule has 12 nitrogen and oxygen atoms in total. The Morgan fingerprint density at radius 2 is 1.81 bits per heavy atom. The van der Waals surface area contributed by atoms with Crippen molar-refractivity contribution in [2.75, 3.05) is 50.0 Å². The second-order valence-electron chi connectivity index (χ2n) is 11.6. The van der Waals surface area contributed by atoms with E-state index in [1.54, 1.807) is 35.7 Å². The lowest BCUT2D eigenvalue weighted by Gasteiger charge is -2.42. The summed E-state index contributed by atoms with van der Waals surface area (Å²) in [4.78, 5) is 60.0. The fourth-order valence-electron chi connectivity index (χ4n) is 6.51. The molecule has 0 spiro atoms. The van der Waals surface area contributed by atoms with Crippen molar-refractivity contribution in [1.82, 2.24) is 30.3 Å².